The van der Waals surface area contributed by atoms with Gasteiger partial charge >= 0.3 is 0 Å². The fraction of sp³-hybridized carbons (Fsp3) is 0.259. The lowest BCUT2D eigenvalue weighted by Crippen LogP contribution is -2.21. The van der Waals surface area contributed by atoms with Crippen molar-refractivity contribution in [3.63, 3.8) is 0 Å². The minimum Gasteiger partial charge on any atom is -0.326 e. The van der Waals surface area contributed by atoms with Crippen molar-refractivity contribution in [3.8, 4) is 0 Å². The Labute approximate surface area is 193 Å². The van der Waals surface area contributed by atoms with E-state index in [1.54, 1.807) is 0 Å². The Balaban J connectivity index is 1.57. The Morgan fingerprint density at radius 2 is 1.50 bits per heavy atom. The summed E-state index contributed by atoms with van der Waals surface area (Å²) in [5.41, 5.74) is 2.53. The predicted molar refractivity (Wildman–Crippen MR) is 135 cm³/mol. The molecular weight excluding hydrogens is 416 g/mol. The summed E-state index contributed by atoms with van der Waals surface area (Å²) in [6, 6.07) is 23.7. The van der Waals surface area contributed by atoms with E-state index < -0.39 is 0 Å². The van der Waals surface area contributed by atoms with Gasteiger partial charge in [-0.25, -0.2) is 0 Å². The average molecular weight is 445 g/mol. The van der Waals surface area contributed by atoms with Crippen LogP contribution in [0.15, 0.2) is 77.7 Å². The van der Waals surface area contributed by atoms with Crippen LogP contribution in [0.3, 0.4) is 0 Å². The van der Waals surface area contributed by atoms with Gasteiger partial charge in [-0.1, -0.05) is 63.2 Å². The quantitative estimate of drug-likeness (QED) is 0.338. The molecule has 0 aliphatic heterocycles. The smallest absolute Gasteiger partial charge is 0.244 e. The number of carbonyl (C=O) groups excluding carboxylic acids is 2. The molecule has 1 heterocycles. The molecule has 0 bridgehead atoms. The van der Waals surface area contributed by atoms with Crippen molar-refractivity contribution < 1.29 is 9.59 Å². The van der Waals surface area contributed by atoms with Gasteiger partial charge in [0.25, 0.3) is 0 Å². The van der Waals surface area contributed by atoms with E-state index in [1.165, 1.54) is 11.8 Å². The first-order valence-corrected chi connectivity index (χ1v) is 11.7. The lowest BCUT2D eigenvalue weighted by molar-refractivity contribution is -0.117. The minimum absolute atomic E-state index is 0.00550. The van der Waals surface area contributed by atoms with E-state index >= 15 is 0 Å². The molecule has 4 aromatic rings. The molecule has 32 heavy (non-hydrogen) atoms. The number of benzene rings is 3. The van der Waals surface area contributed by atoms with Gasteiger partial charge in [-0.15, -0.1) is 11.8 Å². The number of amides is 1. The van der Waals surface area contributed by atoms with Crippen molar-refractivity contribution in [2.24, 2.45) is 5.41 Å². The number of para-hydroxylation sites is 2. The number of hydrogen-bond acceptors (Lipinski definition) is 3. The zero-order valence-corrected chi connectivity index (χ0v) is 19.7. The van der Waals surface area contributed by atoms with Gasteiger partial charge in [-0.05, 0) is 42.7 Å². The zero-order chi connectivity index (χ0) is 22.9. The van der Waals surface area contributed by atoms with Crippen LogP contribution in [0.5, 0.6) is 0 Å². The Morgan fingerprint density at radius 1 is 0.906 bits per heavy atom. The van der Waals surface area contributed by atoms with Gasteiger partial charge in [0.05, 0.1) is 16.3 Å². The van der Waals surface area contributed by atoms with E-state index in [2.05, 4.69) is 17.4 Å². The van der Waals surface area contributed by atoms with Crippen molar-refractivity contribution in [1.82, 2.24) is 4.57 Å². The van der Waals surface area contributed by atoms with Crippen LogP contribution in [-0.2, 0) is 4.79 Å². The summed E-state index contributed by atoms with van der Waals surface area (Å²) in [5, 5.41) is 4.84. The fourth-order valence-electron chi connectivity index (χ4n) is 3.93. The highest BCUT2D eigenvalue weighted by Gasteiger charge is 2.22. The molecule has 4 rings (SSSR count). The lowest BCUT2D eigenvalue weighted by Gasteiger charge is -2.17. The van der Waals surface area contributed by atoms with Gasteiger partial charge in [-0.2, -0.15) is 0 Å². The second-order valence-corrected chi connectivity index (χ2v) is 10.7. The molecule has 0 spiro atoms. The fourth-order valence-corrected chi connectivity index (χ4v) is 4.90. The van der Waals surface area contributed by atoms with E-state index in [0.717, 1.165) is 32.4 Å². The molecule has 0 aliphatic rings. The summed E-state index contributed by atoms with van der Waals surface area (Å²) in [5.74, 6) is 0.0311. The molecular formula is C27H28N2O2S. The van der Waals surface area contributed by atoms with E-state index in [-0.39, 0.29) is 22.5 Å². The summed E-state index contributed by atoms with van der Waals surface area (Å²) in [7, 11) is 0. The summed E-state index contributed by atoms with van der Waals surface area (Å²) >= 11 is 1.50. The van der Waals surface area contributed by atoms with Gasteiger partial charge in [0.2, 0.25) is 11.8 Å². The maximum atomic E-state index is 13.5. The second-order valence-electron chi connectivity index (χ2n) is 9.28. The van der Waals surface area contributed by atoms with Crippen LogP contribution in [0, 0.1) is 5.41 Å². The third kappa shape index (κ3) is 4.73. The second kappa shape index (κ2) is 8.83. The molecule has 1 unspecified atom stereocenters. The van der Waals surface area contributed by atoms with E-state index in [1.807, 2.05) is 92.9 Å². The molecule has 164 valence electrons. The molecule has 4 nitrogen and oxygen atoms in total. The molecule has 0 saturated carbocycles. The highest BCUT2D eigenvalue weighted by Crippen LogP contribution is 2.32. The van der Waals surface area contributed by atoms with Gasteiger partial charge in [0, 0.05) is 27.8 Å². The number of anilines is 1. The maximum absolute atomic E-state index is 13.5. The maximum Gasteiger partial charge on any atom is 0.244 e. The van der Waals surface area contributed by atoms with Crippen LogP contribution in [0.1, 0.15) is 38.9 Å². The molecule has 1 atom stereocenters. The van der Waals surface area contributed by atoms with Crippen molar-refractivity contribution >= 4 is 51.1 Å². The summed E-state index contributed by atoms with van der Waals surface area (Å²) < 4.78 is 1.83. The predicted octanol–water partition coefficient (Wildman–Crippen LogP) is 6.99. The zero-order valence-electron chi connectivity index (χ0n) is 18.9. The Hall–Kier alpha value is -3.05. The summed E-state index contributed by atoms with van der Waals surface area (Å²) in [6.45, 7) is 8.06. The van der Waals surface area contributed by atoms with Crippen LogP contribution in [0.2, 0.25) is 0 Å². The minimum atomic E-state index is -0.297. The van der Waals surface area contributed by atoms with Crippen LogP contribution in [-0.4, -0.2) is 21.6 Å². The molecule has 0 saturated heterocycles. The van der Waals surface area contributed by atoms with E-state index in [0.29, 0.717) is 6.42 Å². The van der Waals surface area contributed by atoms with Crippen molar-refractivity contribution in [1.29, 1.82) is 0 Å². The number of nitrogens with one attached hydrogen (secondary N) is 1. The van der Waals surface area contributed by atoms with E-state index in [4.69, 9.17) is 0 Å². The number of rotatable bonds is 5. The molecule has 1 aromatic heterocycles. The van der Waals surface area contributed by atoms with Crippen molar-refractivity contribution in [2.75, 3.05) is 5.32 Å². The first kappa shape index (κ1) is 22.2. The van der Waals surface area contributed by atoms with Crippen LogP contribution < -0.4 is 5.32 Å². The number of nitrogens with zero attached hydrogens (tertiary/aromatic N) is 1. The first-order chi connectivity index (χ1) is 15.2. The number of carbonyl (C=O) groups is 2. The molecule has 1 amide bonds. The molecule has 3 aromatic carbocycles. The normalized spacial score (nSPS) is 12.8. The monoisotopic (exact) mass is 444 g/mol. The molecule has 1 N–H and O–H groups in total. The molecule has 0 radical (unpaired) electrons. The first-order valence-electron chi connectivity index (χ1n) is 10.8. The highest BCUT2D eigenvalue weighted by atomic mass is 32.2. The van der Waals surface area contributed by atoms with Crippen LogP contribution in [0.25, 0.3) is 21.8 Å². The number of hydrogen-bond donors (Lipinski definition) is 1. The number of fused-ring (bicyclic) bond motifs is 3. The Bertz CT molecular complexity index is 1250. The average Bonchev–Trinajstić information content (AvgIpc) is 3.06. The summed E-state index contributed by atoms with van der Waals surface area (Å²) in [6.07, 6.45) is 0.451. The summed E-state index contributed by atoms with van der Waals surface area (Å²) in [4.78, 5) is 26.8. The lowest BCUT2D eigenvalue weighted by atomic mass is 9.92. The van der Waals surface area contributed by atoms with Gasteiger partial charge in [0.15, 0.2) is 0 Å². The third-order valence-electron chi connectivity index (χ3n) is 5.27. The number of aromatic nitrogens is 1. The topological polar surface area (TPSA) is 51.1 Å². The Morgan fingerprint density at radius 3 is 2.09 bits per heavy atom. The van der Waals surface area contributed by atoms with Crippen LogP contribution in [0.4, 0.5) is 5.69 Å². The standard InChI is InChI=1S/C27H28N2O2S/c1-18(32-20-11-9-10-19(16-20)28-25(30)17-27(2,3)4)26(31)29-23-14-7-5-12-21(23)22-13-6-8-15-24(22)29/h5-16,18H,17H2,1-4H3,(H,28,30). The molecule has 0 fully saturated rings. The molecule has 5 heteroatoms. The van der Waals surface area contributed by atoms with Gasteiger partial charge in [-0.3, -0.25) is 14.2 Å². The SMILES string of the molecule is CC(Sc1cccc(NC(=O)CC(C)(C)C)c1)C(=O)n1c2ccccc2c2ccccc21. The van der Waals surface area contributed by atoms with E-state index in [9.17, 15) is 9.59 Å². The van der Waals surface area contributed by atoms with Crippen molar-refractivity contribution in [2.45, 2.75) is 44.3 Å². The Kier molecular flexibility index (Phi) is 6.11. The highest BCUT2D eigenvalue weighted by molar-refractivity contribution is 8.00. The third-order valence-corrected chi connectivity index (χ3v) is 6.35. The van der Waals surface area contributed by atoms with Crippen LogP contribution >= 0.6 is 11.8 Å². The number of thioether (sulfide) groups is 1. The van der Waals surface area contributed by atoms with Gasteiger partial charge in [0.1, 0.15) is 0 Å². The van der Waals surface area contributed by atoms with Gasteiger partial charge < -0.3 is 5.32 Å². The largest absolute Gasteiger partial charge is 0.326 e. The van der Waals surface area contributed by atoms with Crippen molar-refractivity contribution in [3.05, 3.63) is 72.8 Å². The molecule has 0 aliphatic carbocycles.